The Hall–Kier alpha value is -2.28. The first kappa shape index (κ1) is 18.5. The summed E-state index contributed by atoms with van der Waals surface area (Å²) in [4.78, 5) is 20.6. The van der Waals surface area contributed by atoms with Crippen LogP contribution in [0.4, 0.5) is 4.39 Å². The first-order chi connectivity index (χ1) is 12.4. The van der Waals surface area contributed by atoms with Crippen LogP contribution < -0.4 is 0 Å². The van der Waals surface area contributed by atoms with Gasteiger partial charge >= 0.3 is 0 Å². The van der Waals surface area contributed by atoms with E-state index in [0.717, 1.165) is 37.9 Å². The highest BCUT2D eigenvalue weighted by molar-refractivity contribution is 5.93. The van der Waals surface area contributed by atoms with Gasteiger partial charge in [-0.2, -0.15) is 5.10 Å². The number of amides is 1. The van der Waals surface area contributed by atoms with E-state index in [0.29, 0.717) is 24.7 Å². The lowest BCUT2D eigenvalue weighted by Crippen LogP contribution is -2.40. The molecule has 6 nitrogen and oxygen atoms in total. The number of hydrogen-bond acceptors (Lipinski definition) is 4. The average molecular weight is 359 g/mol. The van der Waals surface area contributed by atoms with Crippen LogP contribution in [0.25, 0.3) is 0 Å². The van der Waals surface area contributed by atoms with E-state index in [9.17, 15) is 9.18 Å². The molecule has 0 spiro atoms. The predicted octanol–water partition coefficient (Wildman–Crippen LogP) is 2.27. The number of aromatic nitrogens is 3. The molecular weight excluding hydrogens is 333 g/mol. The quantitative estimate of drug-likeness (QED) is 0.840. The van der Waals surface area contributed by atoms with Gasteiger partial charge in [0.05, 0.1) is 24.0 Å². The molecule has 1 unspecified atom stereocenters. The van der Waals surface area contributed by atoms with Crippen LogP contribution in [0.2, 0.25) is 0 Å². The standard InChI is InChI=1S/C19H26FN5O/c1-14-9-15(2)25(22-14)13-16(3)23-5-4-6-24(8-7-23)19(26)17-10-18(20)12-21-11-17/h9-12,16H,4-8,13H2,1-3H3. The number of aryl methyl sites for hydroxylation is 2. The molecule has 3 heterocycles. The monoisotopic (exact) mass is 359 g/mol. The molecule has 1 amide bonds. The highest BCUT2D eigenvalue weighted by Crippen LogP contribution is 2.13. The number of rotatable bonds is 4. The topological polar surface area (TPSA) is 54.3 Å². The van der Waals surface area contributed by atoms with Gasteiger partial charge in [0.15, 0.2) is 0 Å². The van der Waals surface area contributed by atoms with Crippen molar-refractivity contribution in [3.63, 3.8) is 0 Å². The van der Waals surface area contributed by atoms with Gasteiger partial charge in [0.25, 0.3) is 5.91 Å². The summed E-state index contributed by atoms with van der Waals surface area (Å²) in [5.74, 6) is -0.629. The smallest absolute Gasteiger partial charge is 0.255 e. The fourth-order valence-electron chi connectivity index (χ4n) is 3.52. The number of nitrogens with zero attached hydrogens (tertiary/aromatic N) is 5. The highest BCUT2D eigenvalue weighted by atomic mass is 19.1. The van der Waals surface area contributed by atoms with E-state index in [-0.39, 0.29) is 5.91 Å². The van der Waals surface area contributed by atoms with Crippen LogP contribution in [0.3, 0.4) is 0 Å². The lowest BCUT2D eigenvalue weighted by molar-refractivity contribution is 0.0756. The minimum Gasteiger partial charge on any atom is -0.337 e. The van der Waals surface area contributed by atoms with Crippen LogP contribution in [0, 0.1) is 19.7 Å². The summed E-state index contributed by atoms with van der Waals surface area (Å²) in [6.07, 6.45) is 3.44. The zero-order chi connectivity index (χ0) is 18.7. The number of pyridine rings is 1. The molecule has 3 rings (SSSR count). The Morgan fingerprint density at radius 2 is 2.00 bits per heavy atom. The summed E-state index contributed by atoms with van der Waals surface area (Å²) in [6.45, 7) is 10.2. The van der Waals surface area contributed by atoms with E-state index in [1.165, 1.54) is 18.0 Å². The summed E-state index contributed by atoms with van der Waals surface area (Å²) in [5.41, 5.74) is 2.51. The Bertz CT molecular complexity index is 775. The van der Waals surface area contributed by atoms with E-state index >= 15 is 0 Å². The molecule has 7 heteroatoms. The molecule has 0 saturated carbocycles. The molecule has 0 aliphatic carbocycles. The molecule has 26 heavy (non-hydrogen) atoms. The van der Waals surface area contributed by atoms with Gasteiger partial charge < -0.3 is 4.90 Å². The van der Waals surface area contributed by atoms with E-state index in [4.69, 9.17) is 0 Å². The van der Waals surface area contributed by atoms with Gasteiger partial charge in [-0.25, -0.2) is 4.39 Å². The van der Waals surface area contributed by atoms with Crippen molar-refractivity contribution in [2.45, 2.75) is 39.8 Å². The second-order valence-electron chi connectivity index (χ2n) is 7.03. The Morgan fingerprint density at radius 3 is 2.69 bits per heavy atom. The Balaban J connectivity index is 1.60. The zero-order valence-corrected chi connectivity index (χ0v) is 15.7. The van der Waals surface area contributed by atoms with Crippen molar-refractivity contribution in [2.24, 2.45) is 0 Å². The average Bonchev–Trinajstić information content (AvgIpc) is 2.80. The third-order valence-corrected chi connectivity index (χ3v) is 4.93. The van der Waals surface area contributed by atoms with Crippen molar-refractivity contribution in [2.75, 3.05) is 26.2 Å². The normalized spacial score (nSPS) is 17.2. The Labute approximate surface area is 153 Å². The summed E-state index contributed by atoms with van der Waals surface area (Å²) in [6, 6.07) is 3.67. The second-order valence-corrected chi connectivity index (χ2v) is 7.03. The molecule has 0 bridgehead atoms. The molecule has 1 aliphatic rings. The van der Waals surface area contributed by atoms with Crippen LogP contribution in [-0.2, 0) is 6.54 Å². The highest BCUT2D eigenvalue weighted by Gasteiger charge is 2.23. The van der Waals surface area contributed by atoms with E-state index < -0.39 is 5.82 Å². The first-order valence-electron chi connectivity index (χ1n) is 9.09. The molecule has 2 aromatic rings. The molecular formula is C19H26FN5O. The minimum absolute atomic E-state index is 0.148. The Kier molecular flexibility index (Phi) is 5.66. The van der Waals surface area contributed by atoms with Gasteiger partial charge in [0.2, 0.25) is 0 Å². The van der Waals surface area contributed by atoms with Crippen molar-refractivity contribution in [1.29, 1.82) is 0 Å². The van der Waals surface area contributed by atoms with E-state index in [1.807, 2.05) is 11.6 Å². The van der Waals surface area contributed by atoms with Crippen LogP contribution in [0.15, 0.2) is 24.5 Å². The molecule has 1 fully saturated rings. The van der Waals surface area contributed by atoms with Crippen molar-refractivity contribution in [3.05, 3.63) is 47.3 Å². The third-order valence-electron chi connectivity index (χ3n) is 4.93. The maximum atomic E-state index is 13.3. The molecule has 1 atom stereocenters. The number of carbonyl (C=O) groups is 1. The summed E-state index contributed by atoms with van der Waals surface area (Å²) in [5, 5.41) is 4.54. The van der Waals surface area contributed by atoms with Gasteiger partial charge in [-0.05, 0) is 39.3 Å². The lowest BCUT2D eigenvalue weighted by atomic mass is 10.2. The van der Waals surface area contributed by atoms with Crippen molar-refractivity contribution in [3.8, 4) is 0 Å². The van der Waals surface area contributed by atoms with Crippen molar-refractivity contribution < 1.29 is 9.18 Å². The van der Waals surface area contributed by atoms with E-state index in [1.54, 1.807) is 4.90 Å². The molecule has 2 aromatic heterocycles. The summed E-state index contributed by atoms with van der Waals surface area (Å²) < 4.78 is 15.4. The van der Waals surface area contributed by atoms with Crippen LogP contribution >= 0.6 is 0 Å². The summed E-state index contributed by atoms with van der Waals surface area (Å²) in [7, 11) is 0. The van der Waals surface area contributed by atoms with Gasteiger partial charge in [0, 0.05) is 44.1 Å². The van der Waals surface area contributed by atoms with Gasteiger partial charge in [-0.15, -0.1) is 0 Å². The van der Waals surface area contributed by atoms with Crippen LogP contribution in [0.5, 0.6) is 0 Å². The Morgan fingerprint density at radius 1 is 1.19 bits per heavy atom. The molecule has 140 valence electrons. The lowest BCUT2D eigenvalue weighted by Gasteiger charge is -2.28. The number of hydrogen-bond donors (Lipinski definition) is 0. The fourth-order valence-corrected chi connectivity index (χ4v) is 3.52. The number of carbonyl (C=O) groups excluding carboxylic acids is 1. The molecule has 1 aliphatic heterocycles. The van der Waals surface area contributed by atoms with Crippen molar-refractivity contribution in [1.82, 2.24) is 24.6 Å². The van der Waals surface area contributed by atoms with Gasteiger partial charge in [-0.1, -0.05) is 0 Å². The van der Waals surface area contributed by atoms with Gasteiger partial charge in [-0.3, -0.25) is 19.4 Å². The third kappa shape index (κ3) is 4.27. The molecule has 0 aromatic carbocycles. The predicted molar refractivity (Wildman–Crippen MR) is 97.5 cm³/mol. The molecule has 0 N–H and O–H groups in total. The fraction of sp³-hybridized carbons (Fsp3) is 0.526. The summed E-state index contributed by atoms with van der Waals surface area (Å²) >= 11 is 0. The van der Waals surface area contributed by atoms with E-state index in [2.05, 4.69) is 34.9 Å². The van der Waals surface area contributed by atoms with Gasteiger partial charge in [0.1, 0.15) is 5.82 Å². The SMILES string of the molecule is Cc1cc(C)n(CC(C)N2CCCN(C(=O)c3cncc(F)c3)CC2)n1. The van der Waals surface area contributed by atoms with Crippen molar-refractivity contribution >= 4 is 5.91 Å². The zero-order valence-electron chi connectivity index (χ0n) is 15.7. The van der Waals surface area contributed by atoms with Crippen LogP contribution in [0.1, 0.15) is 35.1 Å². The first-order valence-corrected chi connectivity index (χ1v) is 9.09. The number of halogens is 1. The molecule has 1 saturated heterocycles. The largest absolute Gasteiger partial charge is 0.337 e. The second kappa shape index (κ2) is 7.95. The minimum atomic E-state index is -0.481. The molecule has 0 radical (unpaired) electrons. The maximum absolute atomic E-state index is 13.3. The maximum Gasteiger partial charge on any atom is 0.255 e. The van der Waals surface area contributed by atoms with Crippen LogP contribution in [-0.4, -0.2) is 62.7 Å².